The van der Waals surface area contributed by atoms with Crippen molar-refractivity contribution in [3.8, 4) is 11.3 Å². The van der Waals surface area contributed by atoms with Crippen molar-refractivity contribution < 1.29 is 4.39 Å². The Morgan fingerprint density at radius 1 is 1.23 bits per heavy atom. The van der Waals surface area contributed by atoms with E-state index in [1.54, 1.807) is 28.0 Å². The largest absolute Gasteiger partial charge is 0.350 e. The molecule has 0 aliphatic heterocycles. The highest BCUT2D eigenvalue weighted by molar-refractivity contribution is 7.20. The molecule has 0 spiro atoms. The van der Waals surface area contributed by atoms with E-state index in [0.717, 1.165) is 46.7 Å². The summed E-state index contributed by atoms with van der Waals surface area (Å²) in [5.74, 6) is 0.788. The van der Waals surface area contributed by atoms with Crippen LogP contribution in [0.3, 0.4) is 0 Å². The van der Waals surface area contributed by atoms with Crippen LogP contribution >= 0.6 is 11.3 Å². The van der Waals surface area contributed by atoms with Gasteiger partial charge in [0.2, 0.25) is 10.1 Å². The zero-order chi connectivity index (χ0) is 18.1. The lowest BCUT2D eigenvalue weighted by atomic mass is 10.2. The van der Waals surface area contributed by atoms with Gasteiger partial charge in [0.1, 0.15) is 11.6 Å². The summed E-state index contributed by atoms with van der Waals surface area (Å²) in [6.45, 7) is 3.85. The Bertz CT molecular complexity index is 985. The number of anilines is 1. The Hall–Kier alpha value is -2.74. The third kappa shape index (κ3) is 3.32. The molecule has 4 aromatic rings. The second-order valence-corrected chi connectivity index (χ2v) is 7.12. The summed E-state index contributed by atoms with van der Waals surface area (Å²) in [7, 11) is 2.04. The van der Waals surface area contributed by atoms with E-state index in [4.69, 9.17) is 0 Å². The minimum atomic E-state index is -0.248. The maximum absolute atomic E-state index is 13.1. The molecule has 0 fully saturated rings. The fraction of sp³-hybridized carbons (Fsp3) is 0.278. The molecule has 0 aliphatic rings. The number of halogens is 1. The molecule has 0 saturated heterocycles. The zero-order valence-electron chi connectivity index (χ0n) is 14.6. The molecule has 0 saturated carbocycles. The third-order valence-electron chi connectivity index (χ3n) is 4.32. The van der Waals surface area contributed by atoms with Crippen LogP contribution in [-0.4, -0.2) is 37.7 Å². The number of rotatable bonds is 6. The van der Waals surface area contributed by atoms with Crippen LogP contribution in [-0.2, 0) is 6.54 Å². The van der Waals surface area contributed by atoms with Crippen LogP contribution < -0.4 is 4.90 Å². The lowest BCUT2D eigenvalue weighted by Crippen LogP contribution is -2.20. The van der Waals surface area contributed by atoms with Crippen molar-refractivity contribution in [2.45, 2.75) is 19.9 Å². The number of aryl methyl sites for hydroxylation is 2. The van der Waals surface area contributed by atoms with Crippen molar-refractivity contribution in [1.29, 1.82) is 0 Å². The van der Waals surface area contributed by atoms with Crippen LogP contribution in [0.2, 0.25) is 0 Å². The molecule has 4 rings (SSSR count). The first-order valence-electron chi connectivity index (χ1n) is 8.41. The van der Waals surface area contributed by atoms with Gasteiger partial charge in [0.15, 0.2) is 0 Å². The van der Waals surface area contributed by atoms with E-state index in [1.165, 1.54) is 12.1 Å². The van der Waals surface area contributed by atoms with Crippen molar-refractivity contribution in [3.05, 3.63) is 54.5 Å². The van der Waals surface area contributed by atoms with Crippen molar-refractivity contribution in [3.63, 3.8) is 0 Å². The molecule has 0 atom stereocenters. The van der Waals surface area contributed by atoms with Crippen molar-refractivity contribution in [1.82, 2.24) is 24.1 Å². The number of nitrogens with zero attached hydrogens (tertiary/aromatic N) is 6. The first kappa shape index (κ1) is 16.7. The molecule has 134 valence electrons. The highest BCUT2D eigenvalue weighted by atomic mass is 32.1. The van der Waals surface area contributed by atoms with Gasteiger partial charge in [-0.1, -0.05) is 11.3 Å². The Morgan fingerprint density at radius 3 is 2.73 bits per heavy atom. The highest BCUT2D eigenvalue weighted by Gasteiger charge is 2.12. The van der Waals surface area contributed by atoms with Gasteiger partial charge in [0.05, 0.1) is 11.9 Å². The Kier molecular flexibility index (Phi) is 4.42. The molecule has 6 nitrogen and oxygen atoms in total. The van der Waals surface area contributed by atoms with Gasteiger partial charge in [-0.2, -0.15) is 0 Å². The second kappa shape index (κ2) is 6.87. The normalized spacial score (nSPS) is 11.3. The minimum Gasteiger partial charge on any atom is -0.350 e. The molecule has 1 aromatic carbocycles. The Balaban J connectivity index is 1.43. The van der Waals surface area contributed by atoms with Gasteiger partial charge in [-0.05, 0) is 37.6 Å². The summed E-state index contributed by atoms with van der Waals surface area (Å²) in [5.41, 5.74) is 1.68. The van der Waals surface area contributed by atoms with Gasteiger partial charge in [-0.15, -0.1) is 5.10 Å². The van der Waals surface area contributed by atoms with E-state index in [-0.39, 0.29) is 5.82 Å². The fourth-order valence-electron chi connectivity index (χ4n) is 2.82. The van der Waals surface area contributed by atoms with E-state index in [0.29, 0.717) is 0 Å². The molecule has 0 N–H and O–H groups in total. The van der Waals surface area contributed by atoms with E-state index in [2.05, 4.69) is 24.5 Å². The average Bonchev–Trinajstić information content (AvgIpc) is 3.30. The van der Waals surface area contributed by atoms with Crippen LogP contribution in [0.4, 0.5) is 9.52 Å². The predicted octanol–water partition coefficient (Wildman–Crippen LogP) is 3.63. The van der Waals surface area contributed by atoms with E-state index < -0.39 is 0 Å². The third-order valence-corrected chi connectivity index (χ3v) is 5.35. The molecule has 0 bridgehead atoms. The van der Waals surface area contributed by atoms with Crippen LogP contribution in [0.15, 0.2) is 42.9 Å². The van der Waals surface area contributed by atoms with Crippen molar-refractivity contribution >= 4 is 21.4 Å². The van der Waals surface area contributed by atoms with Crippen LogP contribution in [0, 0.1) is 12.7 Å². The molecule has 0 aliphatic carbocycles. The topological polar surface area (TPSA) is 51.2 Å². The van der Waals surface area contributed by atoms with Gasteiger partial charge in [0.25, 0.3) is 0 Å². The Labute approximate surface area is 154 Å². The molecule has 3 aromatic heterocycles. The van der Waals surface area contributed by atoms with Gasteiger partial charge < -0.3 is 9.47 Å². The predicted molar refractivity (Wildman–Crippen MR) is 101 cm³/mol. The SMILES string of the molecule is Cc1nccn1CCCN(C)c1nn2cc(-c3ccc(F)cc3)nc2s1. The number of fused-ring (bicyclic) bond motifs is 1. The number of hydrogen-bond donors (Lipinski definition) is 0. The number of hydrogen-bond acceptors (Lipinski definition) is 5. The summed E-state index contributed by atoms with van der Waals surface area (Å²) < 4.78 is 17.0. The summed E-state index contributed by atoms with van der Waals surface area (Å²) >= 11 is 1.55. The maximum atomic E-state index is 13.1. The van der Waals surface area contributed by atoms with E-state index in [1.807, 2.05) is 32.6 Å². The monoisotopic (exact) mass is 370 g/mol. The molecule has 26 heavy (non-hydrogen) atoms. The quantitative estimate of drug-likeness (QED) is 0.520. The summed E-state index contributed by atoms with van der Waals surface area (Å²) in [4.78, 5) is 11.8. The van der Waals surface area contributed by atoms with Gasteiger partial charge in [-0.25, -0.2) is 18.9 Å². The summed E-state index contributed by atoms with van der Waals surface area (Å²) in [6, 6.07) is 6.34. The molecule has 0 radical (unpaired) electrons. The van der Waals surface area contributed by atoms with Crippen LogP contribution in [0.1, 0.15) is 12.2 Å². The fourth-order valence-corrected chi connectivity index (χ4v) is 3.69. The minimum absolute atomic E-state index is 0.248. The summed E-state index contributed by atoms with van der Waals surface area (Å²) in [5, 5.41) is 5.55. The summed E-state index contributed by atoms with van der Waals surface area (Å²) in [6.07, 6.45) is 6.72. The van der Waals surface area contributed by atoms with Crippen molar-refractivity contribution in [2.24, 2.45) is 0 Å². The molecule has 3 heterocycles. The van der Waals surface area contributed by atoms with Crippen LogP contribution in [0.5, 0.6) is 0 Å². The van der Waals surface area contributed by atoms with E-state index >= 15 is 0 Å². The van der Waals surface area contributed by atoms with Crippen LogP contribution in [0.25, 0.3) is 16.2 Å². The smallest absolute Gasteiger partial charge is 0.214 e. The lowest BCUT2D eigenvalue weighted by molar-refractivity contribution is 0.621. The molecule has 0 amide bonds. The number of benzene rings is 1. The van der Waals surface area contributed by atoms with Gasteiger partial charge in [0, 0.05) is 38.1 Å². The number of imidazole rings is 2. The van der Waals surface area contributed by atoms with Gasteiger partial charge >= 0.3 is 0 Å². The first-order valence-corrected chi connectivity index (χ1v) is 9.23. The molecular weight excluding hydrogens is 351 g/mol. The van der Waals surface area contributed by atoms with E-state index in [9.17, 15) is 4.39 Å². The first-order chi connectivity index (χ1) is 12.6. The second-order valence-electron chi connectivity index (χ2n) is 6.19. The zero-order valence-corrected chi connectivity index (χ0v) is 15.4. The average molecular weight is 370 g/mol. The molecular formula is C18H19FN6S. The lowest BCUT2D eigenvalue weighted by Gasteiger charge is -2.15. The van der Waals surface area contributed by atoms with Gasteiger partial charge in [-0.3, -0.25) is 0 Å². The Morgan fingerprint density at radius 2 is 2.04 bits per heavy atom. The molecule has 8 heteroatoms. The standard InChI is InChI=1S/C18H19FN6S/c1-13-20-8-11-24(13)10-3-9-23(2)18-22-25-12-16(21-17(25)26-18)14-4-6-15(19)7-5-14/h4-8,11-12H,3,9-10H2,1-2H3. The van der Waals surface area contributed by atoms with Crippen molar-refractivity contribution in [2.75, 3.05) is 18.5 Å². The maximum Gasteiger partial charge on any atom is 0.214 e. The molecule has 0 unspecified atom stereocenters. The highest BCUT2D eigenvalue weighted by Crippen LogP contribution is 2.26. The number of aromatic nitrogens is 5.